The van der Waals surface area contributed by atoms with E-state index in [9.17, 15) is 9.90 Å². The maximum atomic E-state index is 12.5. The molecule has 3 aromatic carbocycles. The van der Waals surface area contributed by atoms with Crippen molar-refractivity contribution in [2.45, 2.75) is 0 Å². The fourth-order valence-corrected chi connectivity index (χ4v) is 2.33. The van der Waals surface area contributed by atoms with Gasteiger partial charge in [0.1, 0.15) is 5.75 Å². The van der Waals surface area contributed by atoms with Gasteiger partial charge in [0.15, 0.2) is 5.78 Å². The Kier molecular flexibility index (Phi) is 3.97. The zero-order valence-corrected chi connectivity index (χ0v) is 12.4. The van der Waals surface area contributed by atoms with Gasteiger partial charge in [-0.25, -0.2) is 0 Å². The van der Waals surface area contributed by atoms with E-state index in [-0.39, 0.29) is 17.1 Å². The van der Waals surface area contributed by atoms with Crippen LogP contribution in [-0.4, -0.2) is 10.9 Å². The third kappa shape index (κ3) is 3.01. The highest BCUT2D eigenvalue weighted by Crippen LogP contribution is 2.33. The predicted octanol–water partition coefficient (Wildman–Crippen LogP) is 3.95. The first-order valence-electron chi connectivity index (χ1n) is 7.20. The minimum absolute atomic E-state index is 0.0930. The van der Waals surface area contributed by atoms with Crippen molar-refractivity contribution in [2.24, 2.45) is 0 Å². The molecule has 0 aromatic heterocycles. The fraction of sp³-hybridized carbons (Fsp3) is 0. The zero-order valence-electron chi connectivity index (χ0n) is 12.4. The van der Waals surface area contributed by atoms with Crippen LogP contribution in [0.1, 0.15) is 15.9 Å². The molecule has 0 spiro atoms. The number of carbonyl (C=O) groups excluding carboxylic acids is 1. The molecule has 0 fully saturated rings. The first kappa shape index (κ1) is 14.7. The molecule has 0 unspecified atom stereocenters. The van der Waals surface area contributed by atoms with Crippen LogP contribution < -0.4 is 11.1 Å². The van der Waals surface area contributed by atoms with Crippen LogP contribution in [0.4, 0.5) is 17.1 Å². The van der Waals surface area contributed by atoms with Crippen molar-refractivity contribution in [1.82, 2.24) is 0 Å². The summed E-state index contributed by atoms with van der Waals surface area (Å²) in [7, 11) is 0. The summed E-state index contributed by atoms with van der Waals surface area (Å²) >= 11 is 0. The fourth-order valence-electron chi connectivity index (χ4n) is 2.33. The number of nitrogens with two attached hydrogens (primary N) is 1. The molecular formula is C19H16N2O2. The normalized spacial score (nSPS) is 10.3. The molecule has 4 N–H and O–H groups in total. The van der Waals surface area contributed by atoms with Crippen LogP contribution in [0.3, 0.4) is 0 Å². The van der Waals surface area contributed by atoms with Crippen molar-refractivity contribution in [3.63, 3.8) is 0 Å². The van der Waals surface area contributed by atoms with E-state index in [1.807, 2.05) is 18.2 Å². The summed E-state index contributed by atoms with van der Waals surface area (Å²) in [5, 5.41) is 13.5. The van der Waals surface area contributed by atoms with Gasteiger partial charge < -0.3 is 16.2 Å². The molecule has 4 heteroatoms. The topological polar surface area (TPSA) is 75.3 Å². The summed E-state index contributed by atoms with van der Waals surface area (Å²) in [5.74, 6) is -0.322. The lowest BCUT2D eigenvalue weighted by atomic mass is 10.0. The number of nitrogens with one attached hydrogen (secondary N) is 1. The Labute approximate surface area is 134 Å². The molecule has 0 bridgehead atoms. The summed E-state index contributed by atoms with van der Waals surface area (Å²) < 4.78 is 0. The molecule has 0 saturated heterocycles. The SMILES string of the molecule is Nc1ccccc1Nc1cccc(C(=O)c2ccccc2)c1O. The van der Waals surface area contributed by atoms with Gasteiger partial charge in [0.2, 0.25) is 0 Å². The summed E-state index contributed by atoms with van der Waals surface area (Å²) in [4.78, 5) is 12.5. The summed E-state index contributed by atoms with van der Waals surface area (Å²) in [6.07, 6.45) is 0. The monoisotopic (exact) mass is 304 g/mol. The zero-order chi connectivity index (χ0) is 16.2. The number of nitrogen functional groups attached to an aromatic ring is 1. The van der Waals surface area contributed by atoms with Crippen LogP contribution in [0.2, 0.25) is 0 Å². The van der Waals surface area contributed by atoms with E-state index in [2.05, 4.69) is 5.32 Å². The number of aromatic hydroxyl groups is 1. The number of para-hydroxylation sites is 3. The number of benzene rings is 3. The van der Waals surface area contributed by atoms with Crippen LogP contribution in [0.25, 0.3) is 0 Å². The lowest BCUT2D eigenvalue weighted by Gasteiger charge is -2.13. The van der Waals surface area contributed by atoms with E-state index in [1.165, 1.54) is 0 Å². The lowest BCUT2D eigenvalue weighted by molar-refractivity contribution is 0.103. The first-order chi connectivity index (χ1) is 11.2. The number of rotatable bonds is 4. The van der Waals surface area contributed by atoms with E-state index in [0.717, 1.165) is 0 Å². The number of carbonyl (C=O) groups is 1. The third-order valence-electron chi connectivity index (χ3n) is 3.55. The molecule has 114 valence electrons. The van der Waals surface area contributed by atoms with Gasteiger partial charge in [-0.1, -0.05) is 48.5 Å². The molecule has 0 heterocycles. The van der Waals surface area contributed by atoms with Gasteiger partial charge in [0, 0.05) is 5.56 Å². The summed E-state index contributed by atoms with van der Waals surface area (Å²) in [6, 6.07) is 21.1. The third-order valence-corrected chi connectivity index (χ3v) is 3.55. The Morgan fingerprint density at radius 2 is 1.48 bits per heavy atom. The second-order valence-electron chi connectivity index (χ2n) is 5.11. The number of phenolic OH excluding ortho intramolecular Hbond substituents is 1. The van der Waals surface area contributed by atoms with Crippen LogP contribution in [0, 0.1) is 0 Å². The number of hydrogen-bond donors (Lipinski definition) is 3. The molecule has 3 rings (SSSR count). The minimum Gasteiger partial charge on any atom is -0.505 e. The van der Waals surface area contributed by atoms with E-state index in [1.54, 1.807) is 54.6 Å². The van der Waals surface area contributed by atoms with Gasteiger partial charge in [-0.2, -0.15) is 0 Å². The maximum absolute atomic E-state index is 12.5. The van der Waals surface area contributed by atoms with Gasteiger partial charge in [-0.3, -0.25) is 4.79 Å². The molecule has 0 radical (unpaired) electrons. The van der Waals surface area contributed by atoms with Crippen LogP contribution in [0.15, 0.2) is 72.8 Å². The molecule has 0 aliphatic rings. The Morgan fingerprint density at radius 3 is 2.22 bits per heavy atom. The number of hydrogen-bond acceptors (Lipinski definition) is 4. The van der Waals surface area contributed by atoms with Crippen molar-refractivity contribution in [3.8, 4) is 5.75 Å². The van der Waals surface area contributed by atoms with Crippen molar-refractivity contribution in [3.05, 3.63) is 83.9 Å². The van der Waals surface area contributed by atoms with E-state index >= 15 is 0 Å². The highest BCUT2D eigenvalue weighted by molar-refractivity contribution is 6.11. The summed E-state index contributed by atoms with van der Waals surface area (Å²) in [6.45, 7) is 0. The van der Waals surface area contributed by atoms with E-state index < -0.39 is 0 Å². The molecule has 0 amide bonds. The van der Waals surface area contributed by atoms with Crippen molar-refractivity contribution >= 4 is 22.8 Å². The molecule has 4 nitrogen and oxygen atoms in total. The summed E-state index contributed by atoms with van der Waals surface area (Å²) in [5.41, 5.74) is 8.34. The Balaban J connectivity index is 1.96. The smallest absolute Gasteiger partial charge is 0.196 e. The van der Waals surface area contributed by atoms with Crippen LogP contribution in [-0.2, 0) is 0 Å². The van der Waals surface area contributed by atoms with Crippen molar-refractivity contribution in [2.75, 3.05) is 11.1 Å². The molecule has 23 heavy (non-hydrogen) atoms. The molecule has 3 aromatic rings. The van der Waals surface area contributed by atoms with Crippen LogP contribution in [0.5, 0.6) is 5.75 Å². The second kappa shape index (κ2) is 6.23. The van der Waals surface area contributed by atoms with Gasteiger partial charge in [0.05, 0.1) is 22.6 Å². The standard InChI is InChI=1S/C19H16N2O2/c20-15-10-4-5-11-16(15)21-17-12-6-9-14(19(17)23)18(22)13-7-2-1-3-8-13/h1-12,21,23H,20H2. The molecule has 0 aliphatic carbocycles. The van der Waals surface area contributed by atoms with Gasteiger partial charge >= 0.3 is 0 Å². The Morgan fingerprint density at radius 1 is 0.826 bits per heavy atom. The van der Waals surface area contributed by atoms with E-state index in [0.29, 0.717) is 22.6 Å². The van der Waals surface area contributed by atoms with Gasteiger partial charge in [0.25, 0.3) is 0 Å². The van der Waals surface area contributed by atoms with Crippen molar-refractivity contribution in [1.29, 1.82) is 0 Å². The molecule has 0 saturated carbocycles. The molecule has 0 atom stereocenters. The highest BCUT2D eigenvalue weighted by Gasteiger charge is 2.16. The number of anilines is 3. The molecule has 0 aliphatic heterocycles. The first-order valence-corrected chi connectivity index (χ1v) is 7.20. The second-order valence-corrected chi connectivity index (χ2v) is 5.11. The lowest BCUT2D eigenvalue weighted by Crippen LogP contribution is -2.03. The quantitative estimate of drug-likeness (QED) is 0.387. The average Bonchev–Trinajstić information content (AvgIpc) is 2.59. The van der Waals surface area contributed by atoms with Gasteiger partial charge in [-0.15, -0.1) is 0 Å². The average molecular weight is 304 g/mol. The highest BCUT2D eigenvalue weighted by atomic mass is 16.3. The van der Waals surface area contributed by atoms with Gasteiger partial charge in [-0.05, 0) is 24.3 Å². The van der Waals surface area contributed by atoms with Crippen LogP contribution >= 0.6 is 0 Å². The molecular weight excluding hydrogens is 288 g/mol. The van der Waals surface area contributed by atoms with Crippen molar-refractivity contribution < 1.29 is 9.90 Å². The number of ketones is 1. The largest absolute Gasteiger partial charge is 0.505 e. The number of phenols is 1. The Hall–Kier alpha value is -3.27. The Bertz CT molecular complexity index is 845. The maximum Gasteiger partial charge on any atom is 0.196 e. The minimum atomic E-state index is -0.229. The predicted molar refractivity (Wildman–Crippen MR) is 92.1 cm³/mol. The van der Waals surface area contributed by atoms with E-state index in [4.69, 9.17) is 5.73 Å².